The molecule has 1 heterocycles. The summed E-state index contributed by atoms with van der Waals surface area (Å²) in [6.07, 6.45) is 2.44. The van der Waals surface area contributed by atoms with E-state index in [1.165, 1.54) is 18.4 Å². The minimum absolute atomic E-state index is 0.357. The van der Waals surface area contributed by atoms with E-state index in [1.54, 1.807) is 0 Å². The number of aromatic hydroxyl groups is 1. The van der Waals surface area contributed by atoms with Crippen LogP contribution in [0, 0.1) is 6.92 Å². The van der Waals surface area contributed by atoms with Gasteiger partial charge in [0.1, 0.15) is 5.75 Å². The maximum Gasteiger partial charge on any atom is 0.130 e. The van der Waals surface area contributed by atoms with Crippen molar-refractivity contribution >= 4 is 15.9 Å². The van der Waals surface area contributed by atoms with Gasteiger partial charge in [-0.15, -0.1) is 0 Å². The molecule has 1 unspecified atom stereocenters. The Morgan fingerprint density at radius 1 is 1.47 bits per heavy atom. The van der Waals surface area contributed by atoms with Crippen molar-refractivity contribution < 1.29 is 5.11 Å². The molecule has 15 heavy (non-hydrogen) atoms. The second-order valence-electron chi connectivity index (χ2n) is 4.21. The van der Waals surface area contributed by atoms with Crippen molar-refractivity contribution in [2.24, 2.45) is 0 Å². The summed E-state index contributed by atoms with van der Waals surface area (Å²) in [7, 11) is 0. The quantitative estimate of drug-likeness (QED) is 0.822. The average molecular weight is 270 g/mol. The molecule has 2 rings (SSSR count). The smallest absolute Gasteiger partial charge is 0.130 e. The fourth-order valence-corrected chi connectivity index (χ4v) is 2.38. The van der Waals surface area contributed by atoms with Gasteiger partial charge >= 0.3 is 0 Å². The lowest BCUT2D eigenvalue weighted by Gasteiger charge is -2.23. The van der Waals surface area contributed by atoms with E-state index in [-0.39, 0.29) is 0 Å². The lowest BCUT2D eigenvalue weighted by atomic mass is 9.90. The van der Waals surface area contributed by atoms with Gasteiger partial charge in [0.15, 0.2) is 0 Å². The monoisotopic (exact) mass is 269 g/mol. The van der Waals surface area contributed by atoms with Gasteiger partial charge in [0, 0.05) is 6.54 Å². The molecular formula is C12H16BrNO. The van der Waals surface area contributed by atoms with Crippen LogP contribution >= 0.6 is 15.9 Å². The fourth-order valence-electron chi connectivity index (χ4n) is 2.15. The summed E-state index contributed by atoms with van der Waals surface area (Å²) in [5, 5.41) is 13.1. The molecule has 0 radical (unpaired) electrons. The molecule has 1 aromatic carbocycles. The largest absolute Gasteiger partial charge is 0.507 e. The van der Waals surface area contributed by atoms with Gasteiger partial charge in [0.2, 0.25) is 0 Å². The topological polar surface area (TPSA) is 32.3 Å². The Morgan fingerprint density at radius 3 is 2.87 bits per heavy atom. The summed E-state index contributed by atoms with van der Waals surface area (Å²) in [5.74, 6) is 0.909. The van der Waals surface area contributed by atoms with Gasteiger partial charge < -0.3 is 10.4 Å². The van der Waals surface area contributed by atoms with Crippen LogP contribution in [0.3, 0.4) is 0 Å². The number of benzene rings is 1. The van der Waals surface area contributed by atoms with Crippen LogP contribution < -0.4 is 5.32 Å². The number of aryl methyl sites for hydroxylation is 1. The molecule has 0 saturated carbocycles. The Kier molecular flexibility index (Phi) is 3.32. The molecule has 2 N–H and O–H groups in total. The summed E-state index contributed by atoms with van der Waals surface area (Å²) in [6.45, 7) is 4.17. The van der Waals surface area contributed by atoms with Crippen molar-refractivity contribution in [1.29, 1.82) is 0 Å². The maximum atomic E-state index is 9.74. The molecule has 0 aromatic heterocycles. The van der Waals surface area contributed by atoms with Crippen LogP contribution in [-0.4, -0.2) is 18.2 Å². The van der Waals surface area contributed by atoms with E-state index >= 15 is 0 Å². The molecule has 2 nitrogen and oxygen atoms in total. The summed E-state index contributed by atoms with van der Waals surface area (Å²) < 4.78 is 0.815. The van der Waals surface area contributed by atoms with Crippen LogP contribution in [0.25, 0.3) is 0 Å². The second-order valence-corrected chi connectivity index (χ2v) is 5.01. The predicted molar refractivity (Wildman–Crippen MR) is 65.4 cm³/mol. The van der Waals surface area contributed by atoms with Gasteiger partial charge in [0.05, 0.1) is 4.47 Å². The van der Waals surface area contributed by atoms with Gasteiger partial charge in [-0.25, -0.2) is 0 Å². The van der Waals surface area contributed by atoms with E-state index in [9.17, 15) is 5.11 Å². The third-order valence-corrected chi connectivity index (χ3v) is 4.06. The van der Waals surface area contributed by atoms with Crippen LogP contribution in [0.2, 0.25) is 0 Å². The van der Waals surface area contributed by atoms with E-state index in [0.29, 0.717) is 11.7 Å². The molecule has 0 aliphatic carbocycles. The molecule has 82 valence electrons. The Balaban J connectivity index is 2.27. The normalized spacial score (nSPS) is 21.6. The van der Waals surface area contributed by atoms with Gasteiger partial charge in [-0.3, -0.25) is 0 Å². The average Bonchev–Trinajstić information content (AvgIpc) is 2.26. The third kappa shape index (κ3) is 2.34. The van der Waals surface area contributed by atoms with Crippen LogP contribution in [0.15, 0.2) is 16.6 Å². The first-order valence-electron chi connectivity index (χ1n) is 5.38. The molecule has 1 aliphatic heterocycles. The van der Waals surface area contributed by atoms with Crippen LogP contribution in [0.5, 0.6) is 5.75 Å². The molecule has 1 aliphatic rings. The van der Waals surface area contributed by atoms with E-state index in [1.807, 2.05) is 13.0 Å². The number of hydrogen-bond donors (Lipinski definition) is 2. The number of hydrogen-bond acceptors (Lipinski definition) is 2. The lowest BCUT2D eigenvalue weighted by Crippen LogP contribution is -2.28. The molecule has 3 heteroatoms. The van der Waals surface area contributed by atoms with Crippen molar-refractivity contribution in [3.63, 3.8) is 0 Å². The molecular weight excluding hydrogens is 254 g/mol. The van der Waals surface area contributed by atoms with Crippen molar-refractivity contribution in [2.45, 2.75) is 25.7 Å². The molecule has 1 saturated heterocycles. The number of nitrogens with one attached hydrogen (secondary N) is 1. The Hall–Kier alpha value is -0.540. The van der Waals surface area contributed by atoms with E-state index in [4.69, 9.17) is 0 Å². The zero-order valence-corrected chi connectivity index (χ0v) is 10.5. The SMILES string of the molecule is Cc1cc(C2CCCNC2)cc(O)c1Br. The summed E-state index contributed by atoms with van der Waals surface area (Å²) in [5.41, 5.74) is 2.36. The van der Waals surface area contributed by atoms with Crippen molar-refractivity contribution in [3.05, 3.63) is 27.7 Å². The molecule has 0 amide bonds. The highest BCUT2D eigenvalue weighted by Gasteiger charge is 2.16. The number of rotatable bonds is 1. The maximum absolute atomic E-state index is 9.74. The highest BCUT2D eigenvalue weighted by atomic mass is 79.9. The zero-order chi connectivity index (χ0) is 10.8. The van der Waals surface area contributed by atoms with E-state index in [0.717, 1.165) is 23.1 Å². The van der Waals surface area contributed by atoms with Crippen LogP contribution in [-0.2, 0) is 0 Å². The van der Waals surface area contributed by atoms with Crippen molar-refractivity contribution in [1.82, 2.24) is 5.32 Å². The minimum atomic E-state index is 0.357. The molecule has 1 fully saturated rings. The zero-order valence-electron chi connectivity index (χ0n) is 8.89. The molecule has 0 spiro atoms. The number of phenolic OH excluding ortho intramolecular Hbond substituents is 1. The van der Waals surface area contributed by atoms with Gasteiger partial charge in [-0.2, -0.15) is 0 Å². The first kappa shape index (κ1) is 11.0. The minimum Gasteiger partial charge on any atom is -0.507 e. The lowest BCUT2D eigenvalue weighted by molar-refractivity contribution is 0.451. The van der Waals surface area contributed by atoms with Crippen LogP contribution in [0.1, 0.15) is 29.9 Å². The van der Waals surface area contributed by atoms with Gasteiger partial charge in [-0.05, 0) is 65.4 Å². The van der Waals surface area contributed by atoms with Crippen molar-refractivity contribution in [2.75, 3.05) is 13.1 Å². The van der Waals surface area contributed by atoms with E-state index in [2.05, 4.69) is 27.3 Å². The number of halogens is 1. The van der Waals surface area contributed by atoms with Crippen molar-refractivity contribution in [3.8, 4) is 5.75 Å². The Bertz CT molecular complexity index is 336. The summed E-state index contributed by atoms with van der Waals surface area (Å²) in [6, 6.07) is 4.05. The summed E-state index contributed by atoms with van der Waals surface area (Å²) in [4.78, 5) is 0. The first-order chi connectivity index (χ1) is 7.18. The van der Waals surface area contributed by atoms with Gasteiger partial charge in [0.25, 0.3) is 0 Å². The fraction of sp³-hybridized carbons (Fsp3) is 0.500. The van der Waals surface area contributed by atoms with Gasteiger partial charge in [-0.1, -0.05) is 6.07 Å². The number of phenols is 1. The second kappa shape index (κ2) is 4.54. The standard InChI is InChI=1S/C12H16BrNO/c1-8-5-10(6-11(15)12(8)13)9-3-2-4-14-7-9/h5-6,9,14-15H,2-4,7H2,1H3. The highest BCUT2D eigenvalue weighted by molar-refractivity contribution is 9.10. The Morgan fingerprint density at radius 2 is 2.27 bits per heavy atom. The van der Waals surface area contributed by atoms with Crippen LogP contribution in [0.4, 0.5) is 0 Å². The van der Waals surface area contributed by atoms with E-state index < -0.39 is 0 Å². The predicted octanol–water partition coefficient (Wildman–Crippen LogP) is 2.93. The molecule has 1 aromatic rings. The third-order valence-electron chi connectivity index (χ3n) is 3.03. The first-order valence-corrected chi connectivity index (χ1v) is 6.17. The highest BCUT2D eigenvalue weighted by Crippen LogP contribution is 2.33. The molecule has 0 bridgehead atoms. The summed E-state index contributed by atoms with van der Waals surface area (Å²) >= 11 is 3.37. The molecule has 1 atom stereocenters. The Labute approximate surface area is 98.8 Å². The number of piperidine rings is 1.